The average molecular weight is 279 g/mol. The molecule has 112 valence electrons. The summed E-state index contributed by atoms with van der Waals surface area (Å²) in [5.41, 5.74) is 1.07. The van der Waals surface area contributed by atoms with Gasteiger partial charge in [0.1, 0.15) is 12.1 Å². The second kappa shape index (κ2) is 5.95. The van der Waals surface area contributed by atoms with Crippen LogP contribution >= 0.6 is 0 Å². The van der Waals surface area contributed by atoms with E-state index < -0.39 is 0 Å². The van der Waals surface area contributed by atoms with E-state index in [0.29, 0.717) is 24.6 Å². The summed E-state index contributed by atoms with van der Waals surface area (Å²) in [5, 5.41) is 3.51. The van der Waals surface area contributed by atoms with Crippen molar-refractivity contribution < 1.29 is 9.47 Å². The molecule has 5 heteroatoms. The van der Waals surface area contributed by atoms with Crippen molar-refractivity contribution in [3.63, 3.8) is 0 Å². The van der Waals surface area contributed by atoms with E-state index in [4.69, 9.17) is 9.47 Å². The van der Waals surface area contributed by atoms with Gasteiger partial charge >= 0.3 is 0 Å². The Morgan fingerprint density at radius 3 is 2.65 bits per heavy atom. The van der Waals surface area contributed by atoms with Gasteiger partial charge in [-0.1, -0.05) is 13.8 Å². The molecule has 0 saturated heterocycles. The first-order chi connectivity index (χ1) is 9.50. The van der Waals surface area contributed by atoms with Crippen LogP contribution in [0.15, 0.2) is 6.33 Å². The molecule has 0 spiro atoms. The van der Waals surface area contributed by atoms with Crippen molar-refractivity contribution in [3.05, 3.63) is 11.9 Å². The molecule has 0 aliphatic heterocycles. The molecule has 1 aliphatic rings. The van der Waals surface area contributed by atoms with Gasteiger partial charge in [-0.25, -0.2) is 9.97 Å². The van der Waals surface area contributed by atoms with Gasteiger partial charge in [0.05, 0.1) is 18.3 Å². The number of hydrogen-bond acceptors (Lipinski definition) is 5. The molecule has 1 fully saturated rings. The molecule has 1 saturated carbocycles. The Labute approximate surface area is 121 Å². The number of nitrogens with one attached hydrogen (secondary N) is 1. The Morgan fingerprint density at radius 2 is 2.05 bits per heavy atom. The topological polar surface area (TPSA) is 56.3 Å². The molecule has 1 aromatic rings. The van der Waals surface area contributed by atoms with E-state index in [2.05, 4.69) is 29.1 Å². The Morgan fingerprint density at radius 1 is 1.30 bits per heavy atom. The van der Waals surface area contributed by atoms with E-state index in [9.17, 15) is 0 Å². The van der Waals surface area contributed by atoms with Crippen LogP contribution in [-0.4, -0.2) is 35.3 Å². The fourth-order valence-corrected chi connectivity index (χ4v) is 2.64. The number of nitrogens with zero attached hydrogens (tertiary/aromatic N) is 2. The van der Waals surface area contributed by atoms with Gasteiger partial charge in [-0.05, 0) is 27.2 Å². The third-order valence-electron chi connectivity index (χ3n) is 4.18. The normalized spacial score (nSPS) is 24.1. The lowest BCUT2D eigenvalue weighted by molar-refractivity contribution is -0.0976. The predicted molar refractivity (Wildman–Crippen MR) is 79.2 cm³/mol. The zero-order valence-corrected chi connectivity index (χ0v) is 13.1. The van der Waals surface area contributed by atoms with Crippen LogP contribution < -0.4 is 10.1 Å². The highest BCUT2D eigenvalue weighted by Crippen LogP contribution is 2.44. The highest BCUT2D eigenvalue weighted by atomic mass is 16.5. The Kier molecular flexibility index (Phi) is 4.48. The van der Waals surface area contributed by atoms with Gasteiger partial charge < -0.3 is 14.8 Å². The van der Waals surface area contributed by atoms with Crippen LogP contribution in [0.5, 0.6) is 5.88 Å². The maximum absolute atomic E-state index is 5.76. The van der Waals surface area contributed by atoms with Crippen molar-refractivity contribution in [3.8, 4) is 5.88 Å². The van der Waals surface area contributed by atoms with Gasteiger partial charge in [-0.2, -0.15) is 0 Å². The zero-order chi connectivity index (χ0) is 14.8. The van der Waals surface area contributed by atoms with Gasteiger partial charge in [-0.3, -0.25) is 0 Å². The molecule has 0 aromatic carbocycles. The lowest BCUT2D eigenvalue weighted by Gasteiger charge is -2.51. The molecule has 2 atom stereocenters. The van der Waals surface area contributed by atoms with Crippen LogP contribution in [0.4, 0.5) is 5.82 Å². The van der Waals surface area contributed by atoms with Crippen molar-refractivity contribution >= 4 is 5.82 Å². The summed E-state index contributed by atoms with van der Waals surface area (Å²) in [5.74, 6) is 1.51. The molecule has 0 bridgehead atoms. The van der Waals surface area contributed by atoms with Gasteiger partial charge in [0.25, 0.3) is 0 Å². The molecule has 0 amide bonds. The SMILES string of the molecule is CCOc1ncnc(NC2CC(OCC)C2(C)C)c1C. The van der Waals surface area contributed by atoms with Crippen molar-refractivity contribution in [2.45, 2.75) is 53.2 Å². The maximum atomic E-state index is 5.76. The quantitative estimate of drug-likeness (QED) is 0.867. The molecule has 5 nitrogen and oxygen atoms in total. The summed E-state index contributed by atoms with van der Waals surface area (Å²) in [4.78, 5) is 8.50. The minimum absolute atomic E-state index is 0.110. The predicted octanol–water partition coefficient (Wildman–Crippen LogP) is 2.80. The molecule has 20 heavy (non-hydrogen) atoms. The number of anilines is 1. The van der Waals surface area contributed by atoms with E-state index in [1.54, 1.807) is 6.33 Å². The molecular weight excluding hydrogens is 254 g/mol. The summed E-state index contributed by atoms with van der Waals surface area (Å²) < 4.78 is 11.3. The van der Waals surface area contributed by atoms with Crippen LogP contribution in [0, 0.1) is 12.3 Å². The fraction of sp³-hybridized carbons (Fsp3) is 0.733. The summed E-state index contributed by atoms with van der Waals surface area (Å²) in [7, 11) is 0. The monoisotopic (exact) mass is 279 g/mol. The number of aromatic nitrogens is 2. The molecule has 1 aromatic heterocycles. The molecule has 2 unspecified atom stereocenters. The summed E-state index contributed by atoms with van der Waals surface area (Å²) >= 11 is 0. The van der Waals surface area contributed by atoms with E-state index in [1.807, 2.05) is 20.8 Å². The number of hydrogen-bond donors (Lipinski definition) is 1. The molecule has 1 aliphatic carbocycles. The Hall–Kier alpha value is -1.36. The lowest BCUT2D eigenvalue weighted by Crippen LogP contribution is -2.58. The summed E-state index contributed by atoms with van der Waals surface area (Å²) in [6, 6.07) is 0.363. The van der Waals surface area contributed by atoms with E-state index >= 15 is 0 Å². The second-order valence-corrected chi connectivity index (χ2v) is 5.78. The van der Waals surface area contributed by atoms with Crippen molar-refractivity contribution in [2.75, 3.05) is 18.5 Å². The lowest BCUT2D eigenvalue weighted by atomic mass is 9.64. The van der Waals surface area contributed by atoms with Crippen LogP contribution in [0.2, 0.25) is 0 Å². The zero-order valence-electron chi connectivity index (χ0n) is 13.1. The summed E-state index contributed by atoms with van der Waals surface area (Å²) in [6.07, 6.45) is 2.87. The molecule has 1 heterocycles. The summed E-state index contributed by atoms with van der Waals surface area (Å²) in [6.45, 7) is 11.8. The van der Waals surface area contributed by atoms with Gasteiger partial charge in [0, 0.05) is 18.1 Å². The van der Waals surface area contributed by atoms with Gasteiger partial charge in [-0.15, -0.1) is 0 Å². The average Bonchev–Trinajstić information content (AvgIpc) is 2.42. The molecule has 0 radical (unpaired) electrons. The largest absolute Gasteiger partial charge is 0.478 e. The van der Waals surface area contributed by atoms with Gasteiger partial charge in [0.15, 0.2) is 0 Å². The Bertz CT molecular complexity index is 462. The number of ether oxygens (including phenoxy) is 2. The van der Waals surface area contributed by atoms with Crippen molar-refractivity contribution in [1.82, 2.24) is 9.97 Å². The first-order valence-electron chi connectivity index (χ1n) is 7.33. The first-order valence-corrected chi connectivity index (χ1v) is 7.33. The third kappa shape index (κ3) is 2.73. The molecule has 2 rings (SSSR count). The Balaban J connectivity index is 2.07. The third-order valence-corrected chi connectivity index (χ3v) is 4.18. The van der Waals surface area contributed by atoms with Crippen LogP contribution in [0.3, 0.4) is 0 Å². The van der Waals surface area contributed by atoms with Crippen LogP contribution in [-0.2, 0) is 4.74 Å². The number of rotatable bonds is 6. The second-order valence-electron chi connectivity index (χ2n) is 5.78. The minimum atomic E-state index is 0.110. The highest BCUT2D eigenvalue weighted by molar-refractivity contribution is 5.49. The van der Waals surface area contributed by atoms with Gasteiger partial charge in [0.2, 0.25) is 5.88 Å². The molecular formula is C15H25N3O2. The maximum Gasteiger partial charge on any atom is 0.221 e. The molecule has 1 N–H and O–H groups in total. The minimum Gasteiger partial charge on any atom is -0.478 e. The van der Waals surface area contributed by atoms with Crippen molar-refractivity contribution in [1.29, 1.82) is 0 Å². The first kappa shape index (κ1) is 15.0. The highest BCUT2D eigenvalue weighted by Gasteiger charge is 2.49. The van der Waals surface area contributed by atoms with Crippen LogP contribution in [0.1, 0.15) is 39.7 Å². The van der Waals surface area contributed by atoms with E-state index in [0.717, 1.165) is 24.4 Å². The van der Waals surface area contributed by atoms with E-state index in [-0.39, 0.29) is 5.41 Å². The van der Waals surface area contributed by atoms with Crippen molar-refractivity contribution in [2.24, 2.45) is 5.41 Å². The standard InChI is InChI=1S/C15H25N3O2/c1-6-19-12-8-11(15(12,4)5)18-13-10(3)14(20-7-2)17-9-16-13/h9,11-12H,6-8H2,1-5H3,(H,16,17,18). The van der Waals surface area contributed by atoms with Crippen LogP contribution in [0.25, 0.3) is 0 Å². The van der Waals surface area contributed by atoms with E-state index in [1.165, 1.54) is 0 Å². The smallest absolute Gasteiger partial charge is 0.221 e. The fourth-order valence-electron chi connectivity index (χ4n) is 2.64.